The number of carbonyl (C=O) groups excluding carboxylic acids is 2. The van der Waals surface area contributed by atoms with Crippen molar-refractivity contribution in [3.8, 4) is 0 Å². The van der Waals surface area contributed by atoms with Crippen LogP contribution in [0.3, 0.4) is 0 Å². The molecule has 0 fully saturated rings. The molecule has 1 aromatic heterocycles. The lowest BCUT2D eigenvalue weighted by Crippen LogP contribution is -2.25. The second-order valence-corrected chi connectivity index (χ2v) is 6.91. The Bertz CT molecular complexity index is 916. The Hall–Kier alpha value is -3.18. The number of rotatable bonds is 6. The highest BCUT2D eigenvalue weighted by molar-refractivity contribution is 7.10. The normalized spacial score (nSPS) is 11.9. The van der Waals surface area contributed by atoms with Crippen molar-refractivity contribution in [3.05, 3.63) is 94.2 Å². The molecule has 0 unspecified atom stereocenters. The van der Waals surface area contributed by atoms with Gasteiger partial charge in [0.15, 0.2) is 0 Å². The molecule has 1 N–H and O–H groups in total. The molecule has 136 valence electrons. The average Bonchev–Trinajstić information content (AvgIpc) is 3.20. The predicted molar refractivity (Wildman–Crippen MR) is 108 cm³/mol. The van der Waals surface area contributed by atoms with Crippen molar-refractivity contribution in [2.45, 2.75) is 13.0 Å². The van der Waals surface area contributed by atoms with E-state index in [1.54, 1.807) is 30.3 Å². The van der Waals surface area contributed by atoms with Crippen molar-refractivity contribution in [2.24, 2.45) is 0 Å². The molecular formula is C22H19NO3S. The fourth-order valence-electron chi connectivity index (χ4n) is 2.44. The molecule has 1 atom stereocenters. The van der Waals surface area contributed by atoms with Gasteiger partial charge in [-0.25, -0.2) is 4.79 Å². The maximum absolute atomic E-state index is 12.8. The zero-order valence-corrected chi connectivity index (χ0v) is 15.6. The molecule has 0 aliphatic carbocycles. The number of benzene rings is 2. The lowest BCUT2D eigenvalue weighted by molar-refractivity contribution is -0.149. The highest BCUT2D eigenvalue weighted by atomic mass is 32.1. The summed E-state index contributed by atoms with van der Waals surface area (Å²) in [7, 11) is 0. The largest absolute Gasteiger partial charge is 0.444 e. The predicted octanol–water partition coefficient (Wildman–Crippen LogP) is 4.99. The number of nitrogens with one attached hydrogen (secondary N) is 1. The second kappa shape index (κ2) is 8.96. The van der Waals surface area contributed by atoms with Gasteiger partial charge in [-0.2, -0.15) is 0 Å². The minimum Gasteiger partial charge on any atom is -0.444 e. The van der Waals surface area contributed by atoms with Crippen LogP contribution in [0.15, 0.2) is 78.2 Å². The summed E-state index contributed by atoms with van der Waals surface area (Å²) in [6.45, 7) is 1.97. The number of amides is 1. The summed E-state index contributed by atoms with van der Waals surface area (Å²) in [6, 6.07) is 20.2. The summed E-state index contributed by atoms with van der Waals surface area (Å²) in [6.07, 6.45) is 1.97. The number of hydrogen-bond acceptors (Lipinski definition) is 4. The van der Waals surface area contributed by atoms with E-state index in [1.807, 2.05) is 54.8 Å². The van der Waals surface area contributed by atoms with Crippen LogP contribution in [0.4, 0.5) is 5.69 Å². The monoisotopic (exact) mass is 377 g/mol. The van der Waals surface area contributed by atoms with Gasteiger partial charge in [0.25, 0.3) is 5.91 Å². The molecule has 4 nitrogen and oxygen atoms in total. The topological polar surface area (TPSA) is 55.4 Å². The summed E-state index contributed by atoms with van der Waals surface area (Å²) < 4.78 is 5.46. The second-order valence-electron chi connectivity index (χ2n) is 5.93. The Morgan fingerprint density at radius 1 is 1.00 bits per heavy atom. The van der Waals surface area contributed by atoms with E-state index in [9.17, 15) is 9.59 Å². The minimum absolute atomic E-state index is 0.400. The Labute approximate surface area is 162 Å². The molecule has 0 saturated heterocycles. The fourth-order valence-corrected chi connectivity index (χ4v) is 3.06. The molecule has 0 spiro atoms. The van der Waals surface area contributed by atoms with Crippen LogP contribution in [-0.4, -0.2) is 11.9 Å². The number of aryl methyl sites for hydroxylation is 1. The van der Waals surface area contributed by atoms with Crippen LogP contribution in [0.25, 0.3) is 6.08 Å². The molecule has 27 heavy (non-hydrogen) atoms. The Balaban J connectivity index is 1.75. The third-order valence-electron chi connectivity index (χ3n) is 3.82. The van der Waals surface area contributed by atoms with Crippen LogP contribution in [0.1, 0.15) is 22.1 Å². The summed E-state index contributed by atoms with van der Waals surface area (Å²) >= 11 is 1.52. The first-order valence-corrected chi connectivity index (χ1v) is 9.34. The van der Waals surface area contributed by atoms with Crippen LogP contribution in [-0.2, 0) is 14.3 Å². The first-order chi connectivity index (χ1) is 13.1. The van der Waals surface area contributed by atoms with Crippen LogP contribution in [0.2, 0.25) is 0 Å². The van der Waals surface area contributed by atoms with Gasteiger partial charge < -0.3 is 10.1 Å². The Kier molecular flexibility index (Phi) is 6.18. The summed E-state index contributed by atoms with van der Waals surface area (Å²) in [5.74, 6) is -0.973. The van der Waals surface area contributed by atoms with Crippen LogP contribution < -0.4 is 5.32 Å². The molecule has 2 aromatic carbocycles. The number of carbonyl (C=O) groups is 2. The van der Waals surface area contributed by atoms with Crippen LogP contribution in [0, 0.1) is 6.92 Å². The fraction of sp³-hybridized carbons (Fsp3) is 0.0909. The van der Waals surface area contributed by atoms with E-state index in [0.29, 0.717) is 11.3 Å². The van der Waals surface area contributed by atoms with E-state index in [2.05, 4.69) is 5.32 Å². The van der Waals surface area contributed by atoms with E-state index in [-0.39, 0.29) is 0 Å². The van der Waals surface area contributed by atoms with Gasteiger partial charge in [0.2, 0.25) is 6.10 Å². The van der Waals surface area contributed by atoms with Crippen molar-refractivity contribution in [1.82, 2.24) is 0 Å². The molecule has 0 aliphatic heterocycles. The first kappa shape index (κ1) is 18.6. The SMILES string of the molecule is Cc1ccc(NC(=O)[C@@H](OC(=O)/C=C/c2cccs2)c2ccccc2)cc1. The Morgan fingerprint density at radius 3 is 2.41 bits per heavy atom. The molecule has 5 heteroatoms. The van der Waals surface area contributed by atoms with E-state index < -0.39 is 18.0 Å². The lowest BCUT2D eigenvalue weighted by Gasteiger charge is -2.17. The van der Waals surface area contributed by atoms with E-state index in [4.69, 9.17) is 4.74 Å². The average molecular weight is 377 g/mol. The molecule has 1 heterocycles. The van der Waals surface area contributed by atoms with Crippen molar-refractivity contribution in [2.75, 3.05) is 5.32 Å². The minimum atomic E-state index is -1.03. The first-order valence-electron chi connectivity index (χ1n) is 8.46. The maximum Gasteiger partial charge on any atom is 0.331 e. The number of thiophene rings is 1. The third-order valence-corrected chi connectivity index (χ3v) is 4.66. The van der Waals surface area contributed by atoms with Crippen molar-refractivity contribution in [3.63, 3.8) is 0 Å². The number of esters is 1. The van der Waals surface area contributed by atoms with E-state index >= 15 is 0 Å². The number of hydrogen-bond donors (Lipinski definition) is 1. The third kappa shape index (κ3) is 5.39. The molecule has 3 rings (SSSR count). The molecule has 0 bridgehead atoms. The van der Waals surface area contributed by atoms with E-state index in [1.165, 1.54) is 17.4 Å². The molecule has 0 saturated carbocycles. The zero-order chi connectivity index (χ0) is 19.1. The van der Waals surface area contributed by atoms with Crippen molar-refractivity contribution < 1.29 is 14.3 Å². The standard InChI is InChI=1S/C22H19NO3S/c1-16-9-11-18(12-10-16)23-22(25)21(17-6-3-2-4-7-17)26-20(24)14-13-19-8-5-15-27-19/h2-15,21H,1H3,(H,23,25)/b14-13+/t21-/m0/s1. The zero-order valence-electron chi connectivity index (χ0n) is 14.8. The Morgan fingerprint density at radius 2 is 1.74 bits per heavy atom. The summed E-state index contributed by atoms with van der Waals surface area (Å²) in [4.78, 5) is 25.9. The van der Waals surface area contributed by atoms with Gasteiger partial charge >= 0.3 is 5.97 Å². The molecule has 1 amide bonds. The molecule has 0 radical (unpaired) electrons. The number of anilines is 1. The lowest BCUT2D eigenvalue weighted by atomic mass is 10.1. The van der Waals surface area contributed by atoms with Crippen molar-refractivity contribution >= 4 is 35.0 Å². The summed E-state index contributed by atoms with van der Waals surface area (Å²) in [5, 5.41) is 4.73. The summed E-state index contributed by atoms with van der Waals surface area (Å²) in [5.41, 5.74) is 2.36. The van der Waals surface area contributed by atoms with Gasteiger partial charge in [-0.1, -0.05) is 54.1 Å². The molecule has 3 aromatic rings. The maximum atomic E-state index is 12.8. The molecule has 0 aliphatic rings. The highest BCUT2D eigenvalue weighted by Gasteiger charge is 2.24. The van der Waals surface area contributed by atoms with Gasteiger partial charge in [-0.3, -0.25) is 4.79 Å². The van der Waals surface area contributed by atoms with Gasteiger partial charge in [0.1, 0.15) is 0 Å². The van der Waals surface area contributed by atoms with Crippen molar-refractivity contribution in [1.29, 1.82) is 0 Å². The van der Waals surface area contributed by atoms with Gasteiger partial charge in [0.05, 0.1) is 0 Å². The van der Waals surface area contributed by atoms with Gasteiger partial charge in [-0.05, 0) is 36.6 Å². The van der Waals surface area contributed by atoms with Crippen LogP contribution >= 0.6 is 11.3 Å². The number of ether oxygens (including phenoxy) is 1. The molecular weight excluding hydrogens is 358 g/mol. The quantitative estimate of drug-likeness (QED) is 0.486. The smallest absolute Gasteiger partial charge is 0.331 e. The van der Waals surface area contributed by atoms with Crippen LogP contribution in [0.5, 0.6) is 0 Å². The van der Waals surface area contributed by atoms with Gasteiger partial charge in [0, 0.05) is 22.2 Å². The van der Waals surface area contributed by atoms with Gasteiger partial charge in [-0.15, -0.1) is 11.3 Å². The van der Waals surface area contributed by atoms with E-state index in [0.717, 1.165) is 10.4 Å². The highest BCUT2D eigenvalue weighted by Crippen LogP contribution is 2.21.